The molecule has 6 nitrogen and oxygen atoms in total. The first-order valence-electron chi connectivity index (χ1n) is 11.1. The molecule has 1 aliphatic rings. The maximum absolute atomic E-state index is 12.8. The molecular weight excluding hydrogens is 537 g/mol. The first kappa shape index (κ1) is 23.1. The normalized spacial score (nSPS) is 14.5. The zero-order chi connectivity index (χ0) is 23.7. The summed E-state index contributed by atoms with van der Waals surface area (Å²) in [5.41, 5.74) is 3.06. The van der Waals surface area contributed by atoms with Gasteiger partial charge in [-0.05, 0) is 65.0 Å². The quantitative estimate of drug-likeness (QED) is 0.306. The molecule has 34 heavy (non-hydrogen) atoms. The number of anilines is 1. The number of hydrogen-bond acceptors (Lipinski definition) is 4. The molecule has 4 aromatic rings. The van der Waals surface area contributed by atoms with Crippen LogP contribution < -0.4 is 5.32 Å². The van der Waals surface area contributed by atoms with E-state index in [2.05, 4.69) is 26.3 Å². The highest BCUT2D eigenvalue weighted by atomic mass is 79.9. The number of hydrogen-bond donors (Lipinski definition) is 1. The van der Waals surface area contributed by atoms with Gasteiger partial charge in [-0.15, -0.1) is 0 Å². The van der Waals surface area contributed by atoms with Crippen molar-refractivity contribution in [2.45, 2.75) is 12.8 Å². The van der Waals surface area contributed by atoms with Crippen LogP contribution >= 0.6 is 39.1 Å². The van der Waals surface area contributed by atoms with E-state index in [1.54, 1.807) is 35.0 Å². The van der Waals surface area contributed by atoms with Crippen molar-refractivity contribution in [3.63, 3.8) is 0 Å². The molecule has 1 saturated heterocycles. The van der Waals surface area contributed by atoms with E-state index in [1.165, 1.54) is 0 Å². The number of halogens is 3. The molecule has 5 rings (SSSR count). The van der Waals surface area contributed by atoms with Gasteiger partial charge in [0, 0.05) is 46.9 Å². The number of carbonyl (C=O) groups is 1. The number of amides is 1. The van der Waals surface area contributed by atoms with Gasteiger partial charge in [0.15, 0.2) is 5.65 Å². The molecule has 0 radical (unpaired) electrons. The molecule has 9 heteroatoms. The lowest BCUT2D eigenvalue weighted by molar-refractivity contribution is 0.0695. The predicted molar refractivity (Wildman–Crippen MR) is 140 cm³/mol. The predicted octanol–water partition coefficient (Wildman–Crippen LogP) is 6.43. The minimum atomic E-state index is 0.0599. The second-order valence-electron chi connectivity index (χ2n) is 8.36. The van der Waals surface area contributed by atoms with Crippen LogP contribution in [-0.2, 0) is 0 Å². The number of carbonyl (C=O) groups excluding carboxylic acids is 1. The molecule has 1 N–H and O–H groups in total. The third-order valence-corrected chi connectivity index (χ3v) is 7.28. The second-order valence-corrected chi connectivity index (χ2v) is 10.1. The molecule has 0 bridgehead atoms. The fraction of sp³-hybridized carbons (Fsp3) is 0.240. The number of benzene rings is 2. The number of nitrogens with one attached hydrogen (secondary N) is 1. The summed E-state index contributed by atoms with van der Waals surface area (Å²) in [5.74, 6) is 1.36. The largest absolute Gasteiger partial charge is 0.370 e. The number of likely N-dealkylation sites (tertiary alicyclic amines) is 1. The fourth-order valence-corrected chi connectivity index (χ4v) is 4.94. The van der Waals surface area contributed by atoms with Crippen LogP contribution in [0.25, 0.3) is 16.9 Å². The molecular formula is C25H22BrCl2N5O. The minimum absolute atomic E-state index is 0.0599. The molecule has 0 saturated carbocycles. The van der Waals surface area contributed by atoms with Crippen LogP contribution in [0.1, 0.15) is 23.2 Å². The third kappa shape index (κ3) is 4.78. The molecule has 1 aliphatic heterocycles. The van der Waals surface area contributed by atoms with E-state index in [-0.39, 0.29) is 5.91 Å². The monoisotopic (exact) mass is 557 g/mol. The van der Waals surface area contributed by atoms with Crippen LogP contribution in [0.3, 0.4) is 0 Å². The van der Waals surface area contributed by atoms with Gasteiger partial charge in [-0.1, -0.05) is 41.4 Å². The maximum Gasteiger partial charge on any atom is 0.253 e. The van der Waals surface area contributed by atoms with Crippen LogP contribution in [0, 0.1) is 5.92 Å². The van der Waals surface area contributed by atoms with E-state index in [0.717, 1.165) is 59.7 Å². The topological polar surface area (TPSA) is 62.5 Å². The van der Waals surface area contributed by atoms with Crippen molar-refractivity contribution >= 4 is 56.5 Å². The zero-order valence-electron chi connectivity index (χ0n) is 18.2. The van der Waals surface area contributed by atoms with E-state index < -0.39 is 0 Å². The average molecular weight is 559 g/mol. The second kappa shape index (κ2) is 9.94. The van der Waals surface area contributed by atoms with Gasteiger partial charge in [-0.3, -0.25) is 4.79 Å². The third-order valence-electron chi connectivity index (χ3n) is 6.14. The number of nitrogens with zero attached hydrogens (tertiary/aromatic N) is 4. The highest BCUT2D eigenvalue weighted by Crippen LogP contribution is 2.30. The van der Waals surface area contributed by atoms with Crippen molar-refractivity contribution in [1.29, 1.82) is 0 Å². The Morgan fingerprint density at radius 2 is 1.82 bits per heavy atom. The Hall–Kier alpha value is -2.61. The van der Waals surface area contributed by atoms with Crippen molar-refractivity contribution in [3.05, 3.63) is 80.9 Å². The molecule has 0 unspecified atom stereocenters. The van der Waals surface area contributed by atoms with E-state index in [4.69, 9.17) is 28.2 Å². The Morgan fingerprint density at radius 3 is 2.56 bits per heavy atom. The summed E-state index contributed by atoms with van der Waals surface area (Å²) in [6, 6.07) is 16.7. The average Bonchev–Trinajstić information content (AvgIpc) is 3.24. The van der Waals surface area contributed by atoms with E-state index >= 15 is 0 Å². The first-order chi connectivity index (χ1) is 16.5. The molecule has 0 aliphatic carbocycles. The Morgan fingerprint density at radius 1 is 1.09 bits per heavy atom. The summed E-state index contributed by atoms with van der Waals surface area (Å²) in [7, 11) is 0. The molecule has 0 atom stereocenters. The molecule has 3 heterocycles. The van der Waals surface area contributed by atoms with E-state index in [0.29, 0.717) is 21.5 Å². The van der Waals surface area contributed by atoms with Gasteiger partial charge in [0.05, 0.1) is 16.4 Å². The van der Waals surface area contributed by atoms with Gasteiger partial charge in [0.25, 0.3) is 5.91 Å². The molecule has 2 aromatic carbocycles. The van der Waals surface area contributed by atoms with Crippen LogP contribution in [0.4, 0.5) is 5.82 Å². The van der Waals surface area contributed by atoms with Gasteiger partial charge in [-0.2, -0.15) is 9.61 Å². The Kier molecular flexibility index (Phi) is 6.77. The number of rotatable bonds is 5. The lowest BCUT2D eigenvalue weighted by atomic mass is 9.96. The Bertz CT molecular complexity index is 1330. The van der Waals surface area contributed by atoms with Gasteiger partial charge in [0.1, 0.15) is 5.82 Å². The van der Waals surface area contributed by atoms with E-state index in [9.17, 15) is 4.79 Å². The standard InChI is InChI=1S/C25H22BrCl2N5O/c26-20-15-30-33-23(13-22(31-24(20)33)19-3-1-2-4-21(19)28)29-14-16-9-11-32(12-10-16)25(34)17-5-7-18(27)8-6-17/h1-8,13,15-16,29H,9-12,14H2. The van der Waals surface area contributed by atoms with Gasteiger partial charge >= 0.3 is 0 Å². The van der Waals surface area contributed by atoms with Crippen molar-refractivity contribution in [3.8, 4) is 11.3 Å². The Labute approximate surface area is 216 Å². The first-order valence-corrected chi connectivity index (χ1v) is 12.6. The van der Waals surface area contributed by atoms with Gasteiger partial charge < -0.3 is 10.2 Å². The number of fused-ring (bicyclic) bond motifs is 1. The highest BCUT2D eigenvalue weighted by molar-refractivity contribution is 9.10. The van der Waals surface area contributed by atoms with Crippen molar-refractivity contribution in [1.82, 2.24) is 19.5 Å². The van der Waals surface area contributed by atoms with Crippen molar-refractivity contribution in [2.24, 2.45) is 5.92 Å². The van der Waals surface area contributed by atoms with Gasteiger partial charge in [-0.25, -0.2) is 4.98 Å². The summed E-state index contributed by atoms with van der Waals surface area (Å²) in [6.07, 6.45) is 3.60. The zero-order valence-corrected chi connectivity index (χ0v) is 21.3. The lowest BCUT2D eigenvalue weighted by Crippen LogP contribution is -2.40. The van der Waals surface area contributed by atoms with Crippen molar-refractivity contribution in [2.75, 3.05) is 25.0 Å². The van der Waals surface area contributed by atoms with Crippen molar-refractivity contribution < 1.29 is 4.79 Å². The number of piperidine rings is 1. The van der Waals surface area contributed by atoms with Crippen LogP contribution in [0.5, 0.6) is 0 Å². The van der Waals surface area contributed by atoms with E-state index in [1.807, 2.05) is 35.2 Å². The summed E-state index contributed by atoms with van der Waals surface area (Å²) in [4.78, 5) is 19.5. The summed E-state index contributed by atoms with van der Waals surface area (Å²) < 4.78 is 2.61. The summed E-state index contributed by atoms with van der Waals surface area (Å²) in [6.45, 7) is 2.25. The number of aromatic nitrogens is 3. The maximum atomic E-state index is 12.8. The van der Waals surface area contributed by atoms with Crippen LogP contribution in [0.15, 0.2) is 65.3 Å². The SMILES string of the molecule is O=C(c1ccc(Cl)cc1)N1CCC(CNc2cc(-c3ccccc3Cl)nc3c(Br)cnn23)CC1. The smallest absolute Gasteiger partial charge is 0.253 e. The molecule has 174 valence electrons. The Balaban J connectivity index is 1.28. The molecule has 1 amide bonds. The lowest BCUT2D eigenvalue weighted by Gasteiger charge is -2.32. The molecule has 0 spiro atoms. The van der Waals surface area contributed by atoms with Crippen LogP contribution in [-0.4, -0.2) is 45.0 Å². The molecule has 1 fully saturated rings. The minimum Gasteiger partial charge on any atom is -0.370 e. The van der Waals surface area contributed by atoms with Crippen LogP contribution in [0.2, 0.25) is 10.0 Å². The summed E-state index contributed by atoms with van der Waals surface area (Å²) >= 11 is 15.9. The summed E-state index contributed by atoms with van der Waals surface area (Å²) in [5, 5.41) is 9.31. The van der Waals surface area contributed by atoms with Gasteiger partial charge in [0.2, 0.25) is 0 Å². The highest BCUT2D eigenvalue weighted by Gasteiger charge is 2.24. The fourth-order valence-electron chi connectivity index (χ4n) is 4.23. The molecule has 2 aromatic heterocycles.